The van der Waals surface area contributed by atoms with Gasteiger partial charge >= 0.3 is 0 Å². The van der Waals surface area contributed by atoms with E-state index in [4.69, 9.17) is 0 Å². The molecule has 0 saturated carbocycles. The van der Waals surface area contributed by atoms with Gasteiger partial charge in [0.2, 0.25) is 5.91 Å². The molecule has 0 atom stereocenters. The van der Waals surface area contributed by atoms with Crippen LogP contribution in [0.1, 0.15) is 174 Å². The Hall–Kier alpha value is -0.530. The zero-order chi connectivity index (χ0) is 23.4. The molecule has 0 bridgehead atoms. The second-order valence-corrected chi connectivity index (χ2v) is 10.1. The standard InChI is InChI=1S/C30H60NO/c1-3-5-7-9-11-13-15-16-17-19-21-23-25-27-29-31-30(32)28-26-24-22-20-18-14-12-10-8-6-4-2/h1,3-29H2,2H3,(H,31,32). The molecule has 32 heavy (non-hydrogen) atoms. The summed E-state index contributed by atoms with van der Waals surface area (Å²) in [4.78, 5) is 11.9. The normalized spacial score (nSPS) is 11.2. The van der Waals surface area contributed by atoms with Gasteiger partial charge in [-0.2, -0.15) is 0 Å². The van der Waals surface area contributed by atoms with Crippen molar-refractivity contribution in [1.82, 2.24) is 5.32 Å². The van der Waals surface area contributed by atoms with Gasteiger partial charge in [-0.3, -0.25) is 4.79 Å². The molecule has 0 aromatic heterocycles. The summed E-state index contributed by atoms with van der Waals surface area (Å²) in [6.45, 7) is 7.06. The average Bonchev–Trinajstić information content (AvgIpc) is 2.80. The van der Waals surface area contributed by atoms with Crippen molar-refractivity contribution in [3.05, 3.63) is 6.92 Å². The third-order valence-corrected chi connectivity index (χ3v) is 6.76. The highest BCUT2D eigenvalue weighted by Gasteiger charge is 2.01. The molecule has 0 aromatic rings. The van der Waals surface area contributed by atoms with Gasteiger partial charge in [-0.25, -0.2) is 0 Å². The number of nitrogens with one attached hydrogen (secondary N) is 1. The first-order valence-corrected chi connectivity index (χ1v) is 14.9. The Kier molecular flexibility index (Phi) is 28.0. The van der Waals surface area contributed by atoms with Crippen LogP contribution < -0.4 is 5.32 Å². The molecular weight excluding hydrogens is 390 g/mol. The fourth-order valence-electron chi connectivity index (χ4n) is 4.51. The highest BCUT2D eigenvalue weighted by molar-refractivity contribution is 5.75. The number of amides is 1. The molecule has 0 heterocycles. The van der Waals surface area contributed by atoms with E-state index >= 15 is 0 Å². The summed E-state index contributed by atoms with van der Waals surface area (Å²) in [5, 5.41) is 3.12. The minimum absolute atomic E-state index is 0.271. The lowest BCUT2D eigenvalue weighted by molar-refractivity contribution is -0.121. The monoisotopic (exact) mass is 450 g/mol. The van der Waals surface area contributed by atoms with Crippen LogP contribution >= 0.6 is 0 Å². The van der Waals surface area contributed by atoms with Crippen molar-refractivity contribution >= 4 is 5.91 Å². The number of carbonyl (C=O) groups excluding carboxylic acids is 1. The van der Waals surface area contributed by atoms with Gasteiger partial charge in [-0.1, -0.05) is 162 Å². The molecule has 1 N–H and O–H groups in total. The first-order chi connectivity index (χ1) is 15.8. The van der Waals surface area contributed by atoms with E-state index in [-0.39, 0.29) is 5.91 Å². The molecule has 0 aliphatic rings. The Morgan fingerprint density at radius 3 is 1.25 bits per heavy atom. The summed E-state index contributed by atoms with van der Waals surface area (Å²) >= 11 is 0. The Bertz CT molecular complexity index is 355. The highest BCUT2D eigenvalue weighted by atomic mass is 16.1. The number of unbranched alkanes of at least 4 members (excludes halogenated alkanes) is 23. The zero-order valence-electron chi connectivity index (χ0n) is 22.2. The van der Waals surface area contributed by atoms with Gasteiger partial charge in [0, 0.05) is 13.0 Å². The molecule has 0 aliphatic carbocycles. The van der Waals surface area contributed by atoms with Gasteiger partial charge in [0.1, 0.15) is 0 Å². The van der Waals surface area contributed by atoms with Crippen molar-refractivity contribution < 1.29 is 4.79 Å². The third kappa shape index (κ3) is 27.5. The Morgan fingerprint density at radius 2 is 0.844 bits per heavy atom. The Balaban J connectivity index is 3.13. The minimum atomic E-state index is 0.271. The van der Waals surface area contributed by atoms with E-state index < -0.39 is 0 Å². The van der Waals surface area contributed by atoms with E-state index in [1.807, 2.05) is 0 Å². The summed E-state index contributed by atoms with van der Waals surface area (Å²) in [5.41, 5.74) is 0. The van der Waals surface area contributed by atoms with Crippen LogP contribution in [0.2, 0.25) is 0 Å². The summed E-state index contributed by atoms with van der Waals surface area (Å²) in [7, 11) is 0. The van der Waals surface area contributed by atoms with Crippen LogP contribution in [0.4, 0.5) is 0 Å². The quantitative estimate of drug-likeness (QED) is 0.124. The third-order valence-electron chi connectivity index (χ3n) is 6.76. The number of rotatable bonds is 27. The lowest BCUT2D eigenvalue weighted by Crippen LogP contribution is -2.23. The largest absolute Gasteiger partial charge is 0.356 e. The molecule has 0 spiro atoms. The van der Waals surface area contributed by atoms with E-state index in [1.54, 1.807) is 0 Å². The van der Waals surface area contributed by atoms with Gasteiger partial charge in [0.25, 0.3) is 0 Å². The molecule has 1 amide bonds. The van der Waals surface area contributed by atoms with Crippen LogP contribution in [0.3, 0.4) is 0 Å². The zero-order valence-corrected chi connectivity index (χ0v) is 22.2. The fraction of sp³-hybridized carbons (Fsp3) is 0.933. The van der Waals surface area contributed by atoms with Crippen molar-refractivity contribution in [2.45, 2.75) is 174 Å². The maximum Gasteiger partial charge on any atom is 0.219 e. The van der Waals surface area contributed by atoms with Gasteiger partial charge in [-0.15, -0.1) is 0 Å². The maximum absolute atomic E-state index is 11.9. The molecule has 0 aromatic carbocycles. The van der Waals surface area contributed by atoms with Gasteiger partial charge in [0.15, 0.2) is 0 Å². The molecule has 2 heteroatoms. The molecule has 1 radical (unpaired) electrons. The SMILES string of the molecule is [CH2]CCCCCCCCCCCCCCCNC(=O)CCCCCCCCCCCCC. The van der Waals surface area contributed by atoms with E-state index in [2.05, 4.69) is 19.2 Å². The van der Waals surface area contributed by atoms with Crippen molar-refractivity contribution in [2.24, 2.45) is 0 Å². The van der Waals surface area contributed by atoms with Crippen LogP contribution in [-0.2, 0) is 4.79 Å². The van der Waals surface area contributed by atoms with Crippen LogP contribution in [0.25, 0.3) is 0 Å². The molecule has 2 nitrogen and oxygen atoms in total. The van der Waals surface area contributed by atoms with Crippen LogP contribution in [0, 0.1) is 6.92 Å². The van der Waals surface area contributed by atoms with Gasteiger partial charge < -0.3 is 5.32 Å². The molecule has 0 unspecified atom stereocenters. The number of hydrogen-bond donors (Lipinski definition) is 1. The summed E-state index contributed by atoms with van der Waals surface area (Å²) in [5.74, 6) is 0.271. The lowest BCUT2D eigenvalue weighted by atomic mass is 10.0. The fourth-order valence-corrected chi connectivity index (χ4v) is 4.51. The van der Waals surface area contributed by atoms with E-state index in [9.17, 15) is 4.79 Å². The maximum atomic E-state index is 11.9. The Labute approximate surface area is 203 Å². The summed E-state index contributed by atoms with van der Waals surface area (Å²) in [6, 6.07) is 0. The van der Waals surface area contributed by atoms with Crippen LogP contribution in [-0.4, -0.2) is 12.5 Å². The predicted molar refractivity (Wildman–Crippen MR) is 144 cm³/mol. The van der Waals surface area contributed by atoms with Crippen molar-refractivity contribution in [2.75, 3.05) is 6.54 Å². The lowest BCUT2D eigenvalue weighted by Gasteiger charge is -2.06. The molecule has 191 valence electrons. The van der Waals surface area contributed by atoms with Gasteiger partial charge in [0.05, 0.1) is 0 Å². The Morgan fingerprint density at radius 1 is 0.500 bits per heavy atom. The summed E-state index contributed by atoms with van der Waals surface area (Å²) in [6.07, 6.45) is 34.3. The topological polar surface area (TPSA) is 29.1 Å². The van der Waals surface area contributed by atoms with E-state index in [0.717, 1.165) is 32.2 Å². The highest BCUT2D eigenvalue weighted by Crippen LogP contribution is 2.13. The molecule has 0 saturated heterocycles. The predicted octanol–water partition coefficient (Wildman–Crippen LogP) is 10.1. The second kappa shape index (κ2) is 28.5. The molecule has 0 fully saturated rings. The average molecular weight is 451 g/mol. The number of hydrogen-bond acceptors (Lipinski definition) is 1. The second-order valence-electron chi connectivity index (χ2n) is 10.1. The summed E-state index contributed by atoms with van der Waals surface area (Å²) < 4.78 is 0. The minimum Gasteiger partial charge on any atom is -0.356 e. The number of carbonyl (C=O) groups is 1. The van der Waals surface area contributed by atoms with Crippen molar-refractivity contribution in [1.29, 1.82) is 0 Å². The van der Waals surface area contributed by atoms with Crippen molar-refractivity contribution in [3.8, 4) is 0 Å². The molecule has 0 aliphatic heterocycles. The van der Waals surface area contributed by atoms with Crippen LogP contribution in [0.15, 0.2) is 0 Å². The smallest absolute Gasteiger partial charge is 0.219 e. The first-order valence-electron chi connectivity index (χ1n) is 14.9. The molecule has 0 rings (SSSR count). The van der Waals surface area contributed by atoms with Gasteiger partial charge in [-0.05, 0) is 12.8 Å². The van der Waals surface area contributed by atoms with Crippen molar-refractivity contribution in [3.63, 3.8) is 0 Å². The first kappa shape index (κ1) is 31.5. The van der Waals surface area contributed by atoms with E-state index in [0.29, 0.717) is 0 Å². The van der Waals surface area contributed by atoms with Crippen LogP contribution in [0.5, 0.6) is 0 Å². The molecular formula is C30H60NO. The van der Waals surface area contributed by atoms with E-state index in [1.165, 1.54) is 141 Å².